The van der Waals surface area contributed by atoms with E-state index in [4.69, 9.17) is 14.2 Å². The third-order valence-electron chi connectivity index (χ3n) is 4.06. The zero-order valence-corrected chi connectivity index (χ0v) is 16.3. The Bertz CT molecular complexity index is 1020. The normalized spacial score (nSPS) is 11.9. The summed E-state index contributed by atoms with van der Waals surface area (Å²) in [5.41, 5.74) is 2.10. The van der Waals surface area contributed by atoms with E-state index in [-0.39, 0.29) is 12.7 Å². The van der Waals surface area contributed by atoms with E-state index in [1.807, 2.05) is 38.1 Å². The van der Waals surface area contributed by atoms with Crippen LogP contribution in [0.25, 0.3) is 0 Å². The quantitative estimate of drug-likeness (QED) is 0.634. The lowest BCUT2D eigenvalue weighted by atomic mass is 10.2. The molecule has 2 heterocycles. The smallest absolute Gasteiger partial charge is 0.267 e. The minimum atomic E-state index is -0.222. The highest BCUT2D eigenvalue weighted by molar-refractivity contribution is 7.17. The number of aryl methyl sites for hydroxylation is 1. The van der Waals surface area contributed by atoms with Gasteiger partial charge in [-0.2, -0.15) is 0 Å². The van der Waals surface area contributed by atoms with Crippen molar-refractivity contribution in [1.82, 2.24) is 4.98 Å². The largest absolute Gasteiger partial charge is 0.492 e. The van der Waals surface area contributed by atoms with Gasteiger partial charge in [0.1, 0.15) is 10.6 Å². The number of amides is 1. The minimum absolute atomic E-state index is 0.193. The van der Waals surface area contributed by atoms with Crippen LogP contribution in [0.1, 0.15) is 22.3 Å². The first-order valence-corrected chi connectivity index (χ1v) is 9.63. The Hall–Kier alpha value is -3.26. The number of fused-ring (bicyclic) bond motifs is 1. The van der Waals surface area contributed by atoms with Crippen LogP contribution in [-0.2, 0) is 0 Å². The number of rotatable bonds is 6. The highest BCUT2D eigenvalue weighted by Gasteiger charge is 2.18. The first kappa shape index (κ1) is 18.1. The molecule has 1 aromatic heterocycles. The molecule has 0 aliphatic carbocycles. The van der Waals surface area contributed by atoms with Crippen molar-refractivity contribution in [3.8, 4) is 17.2 Å². The third-order valence-corrected chi connectivity index (χ3v) is 5.13. The molecule has 0 saturated heterocycles. The summed E-state index contributed by atoms with van der Waals surface area (Å²) < 4.78 is 16.3. The van der Waals surface area contributed by atoms with Gasteiger partial charge in [0.25, 0.3) is 5.91 Å². The second kappa shape index (κ2) is 7.77. The number of para-hydroxylation sites is 2. The number of anilines is 3. The van der Waals surface area contributed by atoms with Gasteiger partial charge in [0.15, 0.2) is 16.6 Å². The van der Waals surface area contributed by atoms with Gasteiger partial charge in [-0.1, -0.05) is 23.5 Å². The highest BCUT2D eigenvalue weighted by Crippen LogP contribution is 2.35. The van der Waals surface area contributed by atoms with E-state index in [1.54, 1.807) is 18.2 Å². The fourth-order valence-electron chi connectivity index (χ4n) is 2.79. The van der Waals surface area contributed by atoms with Crippen LogP contribution in [0.3, 0.4) is 0 Å². The molecule has 0 unspecified atom stereocenters. The lowest BCUT2D eigenvalue weighted by molar-refractivity contribution is 0.103. The zero-order chi connectivity index (χ0) is 19.5. The van der Waals surface area contributed by atoms with Gasteiger partial charge in [0, 0.05) is 11.8 Å². The van der Waals surface area contributed by atoms with Gasteiger partial charge < -0.3 is 24.8 Å². The number of benzene rings is 2. The summed E-state index contributed by atoms with van der Waals surface area (Å²) in [6.07, 6.45) is 0. The first-order valence-electron chi connectivity index (χ1n) is 8.81. The van der Waals surface area contributed by atoms with Crippen LogP contribution < -0.4 is 24.8 Å². The van der Waals surface area contributed by atoms with E-state index in [2.05, 4.69) is 15.6 Å². The standard InChI is InChI=1S/C20H19N3O4S/c1-3-25-15-7-5-4-6-14(15)23-20-21-12(2)18(28-20)19(24)22-13-8-9-16-17(10-13)27-11-26-16/h4-10H,3,11H2,1-2H3,(H,21,23)(H,22,24). The average Bonchev–Trinajstić information content (AvgIpc) is 3.29. The van der Waals surface area contributed by atoms with Gasteiger partial charge in [0.05, 0.1) is 18.0 Å². The summed E-state index contributed by atoms with van der Waals surface area (Å²) in [5.74, 6) is 1.81. The Labute approximate surface area is 166 Å². The summed E-state index contributed by atoms with van der Waals surface area (Å²) >= 11 is 1.29. The molecule has 1 aliphatic rings. The Morgan fingerprint density at radius 2 is 2.04 bits per heavy atom. The number of carbonyl (C=O) groups excluding carboxylic acids is 1. The fourth-order valence-corrected chi connectivity index (χ4v) is 3.66. The molecule has 0 radical (unpaired) electrons. The van der Waals surface area contributed by atoms with Crippen molar-refractivity contribution in [3.63, 3.8) is 0 Å². The second-order valence-electron chi connectivity index (χ2n) is 6.01. The van der Waals surface area contributed by atoms with Crippen molar-refractivity contribution in [2.75, 3.05) is 24.0 Å². The van der Waals surface area contributed by atoms with Crippen molar-refractivity contribution in [2.45, 2.75) is 13.8 Å². The molecule has 0 atom stereocenters. The number of aromatic nitrogens is 1. The Balaban J connectivity index is 1.50. The molecule has 0 spiro atoms. The van der Waals surface area contributed by atoms with Crippen molar-refractivity contribution in [3.05, 3.63) is 53.0 Å². The molecular weight excluding hydrogens is 378 g/mol. The Kier molecular flexibility index (Phi) is 5.03. The lowest BCUT2D eigenvalue weighted by Crippen LogP contribution is -2.11. The molecule has 144 valence electrons. The van der Waals surface area contributed by atoms with Gasteiger partial charge in [0.2, 0.25) is 6.79 Å². The van der Waals surface area contributed by atoms with Gasteiger partial charge in [-0.3, -0.25) is 4.79 Å². The fraction of sp³-hybridized carbons (Fsp3) is 0.200. The molecule has 1 aliphatic heterocycles. The van der Waals surface area contributed by atoms with Gasteiger partial charge in [-0.25, -0.2) is 4.98 Å². The monoisotopic (exact) mass is 397 g/mol. The van der Waals surface area contributed by atoms with Crippen LogP contribution in [0.2, 0.25) is 0 Å². The molecule has 8 heteroatoms. The van der Waals surface area contributed by atoms with E-state index in [9.17, 15) is 4.79 Å². The van der Waals surface area contributed by atoms with Crippen LogP contribution in [0.5, 0.6) is 17.2 Å². The second-order valence-corrected chi connectivity index (χ2v) is 7.01. The van der Waals surface area contributed by atoms with Crippen LogP contribution in [0, 0.1) is 6.92 Å². The number of ether oxygens (including phenoxy) is 3. The summed E-state index contributed by atoms with van der Waals surface area (Å²) in [6.45, 7) is 4.51. The lowest BCUT2D eigenvalue weighted by Gasteiger charge is -2.09. The Morgan fingerprint density at radius 3 is 2.89 bits per heavy atom. The van der Waals surface area contributed by atoms with Gasteiger partial charge >= 0.3 is 0 Å². The Morgan fingerprint density at radius 1 is 1.21 bits per heavy atom. The molecule has 1 amide bonds. The predicted octanol–water partition coefficient (Wildman–Crippen LogP) is 4.57. The van der Waals surface area contributed by atoms with E-state index >= 15 is 0 Å². The molecular formula is C20H19N3O4S. The van der Waals surface area contributed by atoms with Crippen LogP contribution in [0.4, 0.5) is 16.5 Å². The number of nitrogens with one attached hydrogen (secondary N) is 2. The van der Waals surface area contributed by atoms with Crippen LogP contribution >= 0.6 is 11.3 Å². The number of nitrogens with zero attached hydrogens (tertiary/aromatic N) is 1. The maximum atomic E-state index is 12.7. The maximum Gasteiger partial charge on any atom is 0.267 e. The molecule has 0 bridgehead atoms. The molecule has 28 heavy (non-hydrogen) atoms. The van der Waals surface area contributed by atoms with E-state index < -0.39 is 0 Å². The number of hydrogen-bond donors (Lipinski definition) is 2. The van der Waals surface area contributed by atoms with E-state index in [0.717, 1.165) is 11.4 Å². The predicted molar refractivity (Wildman–Crippen MR) is 108 cm³/mol. The van der Waals surface area contributed by atoms with E-state index in [1.165, 1.54) is 11.3 Å². The number of carbonyl (C=O) groups is 1. The van der Waals surface area contributed by atoms with Gasteiger partial charge in [-0.15, -0.1) is 0 Å². The molecule has 0 fully saturated rings. The van der Waals surface area contributed by atoms with Crippen molar-refractivity contribution >= 4 is 33.8 Å². The number of thiazole rings is 1. The summed E-state index contributed by atoms with van der Waals surface area (Å²) in [6, 6.07) is 12.9. The van der Waals surface area contributed by atoms with Crippen LogP contribution in [-0.4, -0.2) is 24.3 Å². The highest BCUT2D eigenvalue weighted by atomic mass is 32.1. The summed E-state index contributed by atoms with van der Waals surface area (Å²) in [7, 11) is 0. The topological polar surface area (TPSA) is 81.7 Å². The van der Waals surface area contributed by atoms with Crippen molar-refractivity contribution < 1.29 is 19.0 Å². The average molecular weight is 397 g/mol. The van der Waals surface area contributed by atoms with Crippen molar-refractivity contribution in [2.24, 2.45) is 0 Å². The zero-order valence-electron chi connectivity index (χ0n) is 15.4. The maximum absolute atomic E-state index is 12.7. The number of hydrogen-bond acceptors (Lipinski definition) is 7. The summed E-state index contributed by atoms with van der Waals surface area (Å²) in [4.78, 5) is 17.7. The van der Waals surface area contributed by atoms with Crippen molar-refractivity contribution in [1.29, 1.82) is 0 Å². The summed E-state index contributed by atoms with van der Waals surface area (Å²) in [5, 5.41) is 6.74. The molecule has 2 aromatic carbocycles. The molecule has 0 saturated carbocycles. The molecule has 4 rings (SSSR count). The minimum Gasteiger partial charge on any atom is -0.492 e. The molecule has 3 aromatic rings. The van der Waals surface area contributed by atoms with E-state index in [0.29, 0.717) is 39.5 Å². The van der Waals surface area contributed by atoms with Gasteiger partial charge in [-0.05, 0) is 38.1 Å². The molecule has 7 nitrogen and oxygen atoms in total. The third kappa shape index (κ3) is 3.72. The SMILES string of the molecule is CCOc1ccccc1Nc1nc(C)c(C(=O)Nc2ccc3c(c2)OCO3)s1. The van der Waals surface area contributed by atoms with Crippen LogP contribution in [0.15, 0.2) is 42.5 Å². The molecule has 2 N–H and O–H groups in total. The first-order chi connectivity index (χ1) is 13.6.